The maximum Gasteiger partial charge on any atom is 0.256 e. The number of aromatic nitrogens is 3. The Morgan fingerprint density at radius 2 is 1.72 bits per heavy atom. The van der Waals surface area contributed by atoms with Crippen molar-refractivity contribution in [3.63, 3.8) is 0 Å². The summed E-state index contributed by atoms with van der Waals surface area (Å²) in [5.74, 6) is -0.534. The van der Waals surface area contributed by atoms with Crippen LogP contribution in [0.3, 0.4) is 0 Å². The van der Waals surface area contributed by atoms with Crippen LogP contribution < -0.4 is 5.32 Å². The minimum atomic E-state index is -0.320. The number of halogens is 1. The fourth-order valence-electron chi connectivity index (χ4n) is 3.50. The number of nitrogens with one attached hydrogen (secondary N) is 1. The Hall–Kier alpha value is -3.54. The van der Waals surface area contributed by atoms with E-state index in [4.69, 9.17) is 0 Å². The highest BCUT2D eigenvalue weighted by molar-refractivity contribution is 6.13. The van der Waals surface area contributed by atoms with Gasteiger partial charge in [0, 0.05) is 11.4 Å². The molecule has 2 aromatic carbocycles. The van der Waals surface area contributed by atoms with Gasteiger partial charge >= 0.3 is 0 Å². The Labute approximate surface area is 168 Å². The zero-order valence-electron chi connectivity index (χ0n) is 16.7. The molecule has 0 saturated carbocycles. The van der Waals surface area contributed by atoms with E-state index in [-0.39, 0.29) is 11.7 Å². The van der Waals surface area contributed by atoms with E-state index in [1.165, 1.54) is 12.1 Å². The molecule has 0 fully saturated rings. The van der Waals surface area contributed by atoms with Crippen LogP contribution in [0.1, 0.15) is 32.9 Å². The molecule has 4 rings (SSSR count). The Morgan fingerprint density at radius 3 is 2.41 bits per heavy atom. The molecule has 4 aromatic rings. The summed E-state index contributed by atoms with van der Waals surface area (Å²) >= 11 is 0. The van der Waals surface area contributed by atoms with Crippen molar-refractivity contribution in [3.8, 4) is 5.69 Å². The molecule has 0 saturated heterocycles. The second-order valence-corrected chi connectivity index (χ2v) is 7.26. The lowest BCUT2D eigenvalue weighted by Crippen LogP contribution is -2.14. The van der Waals surface area contributed by atoms with Gasteiger partial charge in [-0.05, 0) is 69.7 Å². The average Bonchev–Trinajstić information content (AvgIpc) is 3.00. The number of fused-ring (bicyclic) bond motifs is 1. The van der Waals surface area contributed by atoms with Gasteiger partial charge < -0.3 is 5.32 Å². The van der Waals surface area contributed by atoms with E-state index in [1.807, 2.05) is 45.9 Å². The molecule has 1 amide bonds. The predicted octanol–water partition coefficient (Wildman–Crippen LogP) is 5.05. The Morgan fingerprint density at radius 1 is 1.00 bits per heavy atom. The average molecular weight is 388 g/mol. The quantitative estimate of drug-likeness (QED) is 0.534. The molecule has 0 spiro atoms. The summed E-state index contributed by atoms with van der Waals surface area (Å²) in [5, 5.41) is 8.25. The van der Waals surface area contributed by atoms with Crippen LogP contribution >= 0.6 is 0 Å². The van der Waals surface area contributed by atoms with Crippen molar-refractivity contribution in [2.45, 2.75) is 27.7 Å². The second-order valence-electron chi connectivity index (χ2n) is 7.26. The lowest BCUT2D eigenvalue weighted by Gasteiger charge is -2.11. The molecule has 6 heteroatoms. The number of benzene rings is 2. The highest BCUT2D eigenvalue weighted by Gasteiger charge is 2.20. The van der Waals surface area contributed by atoms with Gasteiger partial charge in [-0.15, -0.1) is 0 Å². The number of nitrogens with zero attached hydrogens (tertiary/aromatic N) is 3. The van der Waals surface area contributed by atoms with Crippen molar-refractivity contribution in [2.24, 2.45) is 0 Å². The minimum Gasteiger partial charge on any atom is -0.322 e. The lowest BCUT2D eigenvalue weighted by molar-refractivity contribution is 0.102. The normalized spacial score (nSPS) is 11.1. The number of carbonyl (C=O) groups excluding carboxylic acids is 1. The number of rotatable bonds is 3. The fraction of sp³-hybridized carbons (Fsp3) is 0.174. The molecule has 0 radical (unpaired) electrons. The number of carbonyl (C=O) groups is 1. The second kappa shape index (κ2) is 7.13. The summed E-state index contributed by atoms with van der Waals surface area (Å²) in [5.41, 5.74) is 6.06. The summed E-state index contributed by atoms with van der Waals surface area (Å²) in [7, 11) is 0. The predicted molar refractivity (Wildman–Crippen MR) is 112 cm³/mol. The van der Waals surface area contributed by atoms with E-state index < -0.39 is 0 Å². The third-order valence-corrected chi connectivity index (χ3v) is 4.89. The third-order valence-electron chi connectivity index (χ3n) is 4.89. The Bertz CT molecular complexity index is 1240. The van der Waals surface area contributed by atoms with Crippen molar-refractivity contribution >= 4 is 22.6 Å². The molecule has 0 unspecified atom stereocenters. The number of amides is 1. The maximum absolute atomic E-state index is 13.3. The zero-order valence-corrected chi connectivity index (χ0v) is 16.7. The van der Waals surface area contributed by atoms with Gasteiger partial charge in [0.15, 0.2) is 5.65 Å². The van der Waals surface area contributed by atoms with E-state index in [1.54, 1.807) is 22.9 Å². The van der Waals surface area contributed by atoms with Gasteiger partial charge in [-0.3, -0.25) is 4.79 Å². The van der Waals surface area contributed by atoms with Gasteiger partial charge in [-0.25, -0.2) is 14.1 Å². The van der Waals surface area contributed by atoms with Crippen LogP contribution in [-0.4, -0.2) is 20.7 Å². The highest BCUT2D eigenvalue weighted by Crippen LogP contribution is 2.26. The van der Waals surface area contributed by atoms with Crippen LogP contribution in [0, 0.1) is 33.5 Å². The molecular weight excluding hydrogens is 367 g/mol. The topological polar surface area (TPSA) is 59.8 Å². The van der Waals surface area contributed by atoms with Gasteiger partial charge in [0.2, 0.25) is 0 Å². The molecule has 0 bridgehead atoms. The summed E-state index contributed by atoms with van der Waals surface area (Å²) in [6, 6.07) is 13.7. The first-order valence-electron chi connectivity index (χ1n) is 9.35. The van der Waals surface area contributed by atoms with Crippen molar-refractivity contribution in [1.82, 2.24) is 14.8 Å². The number of anilines is 1. The molecule has 0 aliphatic rings. The maximum atomic E-state index is 13.3. The summed E-state index contributed by atoms with van der Waals surface area (Å²) in [6.07, 6.45) is 0. The first kappa shape index (κ1) is 18.8. The van der Waals surface area contributed by atoms with Crippen LogP contribution in [0.25, 0.3) is 16.7 Å². The molecule has 0 aliphatic heterocycles. The number of hydrogen-bond donors (Lipinski definition) is 1. The largest absolute Gasteiger partial charge is 0.322 e. The third kappa shape index (κ3) is 3.49. The highest BCUT2D eigenvalue weighted by atomic mass is 19.1. The molecular formula is C23H21FN4O. The summed E-state index contributed by atoms with van der Waals surface area (Å²) < 4.78 is 15.0. The van der Waals surface area contributed by atoms with Gasteiger partial charge in [-0.1, -0.05) is 17.7 Å². The Kier molecular flexibility index (Phi) is 4.62. The number of aryl methyl sites for hydroxylation is 4. The van der Waals surface area contributed by atoms with Gasteiger partial charge in [-0.2, -0.15) is 5.10 Å². The van der Waals surface area contributed by atoms with Crippen molar-refractivity contribution in [1.29, 1.82) is 0 Å². The van der Waals surface area contributed by atoms with Crippen LogP contribution in [0.5, 0.6) is 0 Å². The molecule has 29 heavy (non-hydrogen) atoms. The summed E-state index contributed by atoms with van der Waals surface area (Å²) in [6.45, 7) is 7.66. The van der Waals surface area contributed by atoms with Gasteiger partial charge in [0.25, 0.3) is 5.91 Å². The van der Waals surface area contributed by atoms with Crippen LogP contribution in [0.2, 0.25) is 0 Å². The Balaban J connectivity index is 1.82. The molecule has 5 nitrogen and oxygen atoms in total. The van der Waals surface area contributed by atoms with Gasteiger partial charge in [0.05, 0.1) is 22.3 Å². The molecule has 146 valence electrons. The van der Waals surface area contributed by atoms with Gasteiger partial charge in [0.1, 0.15) is 5.82 Å². The standard InChI is InChI=1S/C23H21FN4O/c1-13-5-10-20(14(2)11-13)26-23(29)19-12-15(3)25-22-21(19)16(4)27-28(22)18-8-6-17(24)7-9-18/h5-12H,1-4H3,(H,26,29). The SMILES string of the molecule is Cc1ccc(NC(=O)c2cc(C)nc3c2c(C)nn3-c2ccc(F)cc2)c(C)c1. The van der Waals surface area contributed by atoms with Crippen molar-refractivity contribution in [3.05, 3.63) is 82.4 Å². The molecule has 0 atom stereocenters. The zero-order chi connectivity index (χ0) is 20.7. The molecule has 2 heterocycles. The van der Waals surface area contributed by atoms with Crippen LogP contribution in [0.15, 0.2) is 48.5 Å². The van der Waals surface area contributed by atoms with Crippen molar-refractivity contribution < 1.29 is 9.18 Å². The fourth-order valence-corrected chi connectivity index (χ4v) is 3.50. The van der Waals surface area contributed by atoms with Crippen molar-refractivity contribution in [2.75, 3.05) is 5.32 Å². The smallest absolute Gasteiger partial charge is 0.256 e. The summed E-state index contributed by atoms with van der Waals surface area (Å²) in [4.78, 5) is 17.7. The number of hydrogen-bond acceptors (Lipinski definition) is 3. The van der Waals surface area contributed by atoms with E-state index in [9.17, 15) is 9.18 Å². The molecule has 1 N–H and O–H groups in total. The van der Waals surface area contributed by atoms with E-state index >= 15 is 0 Å². The number of pyridine rings is 1. The van der Waals surface area contributed by atoms with E-state index in [0.29, 0.717) is 33.7 Å². The first-order valence-corrected chi connectivity index (χ1v) is 9.35. The molecule has 2 aromatic heterocycles. The van der Waals surface area contributed by atoms with Crippen LogP contribution in [-0.2, 0) is 0 Å². The first-order chi connectivity index (χ1) is 13.8. The van der Waals surface area contributed by atoms with E-state index in [2.05, 4.69) is 15.4 Å². The lowest BCUT2D eigenvalue weighted by atomic mass is 10.1. The molecule has 0 aliphatic carbocycles. The van der Waals surface area contributed by atoms with E-state index in [0.717, 1.165) is 16.8 Å². The monoisotopic (exact) mass is 388 g/mol. The van der Waals surface area contributed by atoms with Crippen LogP contribution in [0.4, 0.5) is 10.1 Å². The minimum absolute atomic E-state index is 0.214.